The maximum atomic E-state index is 14.0. The van der Waals surface area contributed by atoms with Crippen molar-refractivity contribution in [1.29, 1.82) is 0 Å². The maximum absolute atomic E-state index is 14.0. The molecule has 2 amide bonds. The highest BCUT2D eigenvalue weighted by atomic mass is 35.5. The molecule has 0 saturated carbocycles. The average Bonchev–Trinajstić information content (AvgIpc) is 2.94. The van der Waals surface area contributed by atoms with Crippen molar-refractivity contribution < 1.29 is 14.3 Å². The summed E-state index contributed by atoms with van der Waals surface area (Å²) in [6.07, 6.45) is 3.95. The number of piperidine rings is 1. The van der Waals surface area contributed by atoms with Gasteiger partial charge in [0.2, 0.25) is 11.8 Å². The Labute approximate surface area is 208 Å². The Bertz CT molecular complexity index is 1030. The van der Waals surface area contributed by atoms with Crippen molar-refractivity contribution in [3.05, 3.63) is 64.2 Å². The highest BCUT2D eigenvalue weighted by Crippen LogP contribution is 2.42. The van der Waals surface area contributed by atoms with Gasteiger partial charge in [-0.15, -0.1) is 0 Å². The number of methoxy groups -OCH3 is 1. The third kappa shape index (κ3) is 5.25. The van der Waals surface area contributed by atoms with Gasteiger partial charge in [-0.1, -0.05) is 49.7 Å². The fourth-order valence-corrected chi connectivity index (χ4v) is 5.58. The lowest BCUT2D eigenvalue weighted by atomic mass is 9.82. The summed E-state index contributed by atoms with van der Waals surface area (Å²) in [5.74, 6) is 0.732. The number of benzene rings is 2. The van der Waals surface area contributed by atoms with Crippen LogP contribution in [0, 0.1) is 5.92 Å². The summed E-state index contributed by atoms with van der Waals surface area (Å²) in [5, 5.41) is 0.646. The predicted molar refractivity (Wildman–Crippen MR) is 135 cm³/mol. The monoisotopic (exact) mass is 482 g/mol. The van der Waals surface area contributed by atoms with E-state index in [2.05, 4.69) is 13.8 Å². The first kappa shape index (κ1) is 24.6. The molecule has 1 saturated heterocycles. The van der Waals surface area contributed by atoms with Crippen LogP contribution in [0.25, 0.3) is 0 Å². The van der Waals surface area contributed by atoms with Gasteiger partial charge in [-0.2, -0.15) is 0 Å². The Morgan fingerprint density at radius 3 is 2.50 bits per heavy atom. The lowest BCUT2D eigenvalue weighted by Gasteiger charge is -2.32. The lowest BCUT2D eigenvalue weighted by molar-refractivity contribution is -0.142. The molecule has 0 spiro atoms. The van der Waals surface area contributed by atoms with E-state index in [0.717, 1.165) is 61.2 Å². The smallest absolute Gasteiger partial charge is 0.242 e. The van der Waals surface area contributed by atoms with Gasteiger partial charge in [0, 0.05) is 36.1 Å². The molecule has 34 heavy (non-hydrogen) atoms. The molecule has 0 N–H and O–H groups in total. The SMILES string of the molecule is COc1ccccc1C1CN(CC(=O)N2CCCCC2)C(=O)[C@@H](CC(C)C)c2ccc(Cl)cc21. The standard InChI is InChI=1S/C28H35ClN2O3/c1-19(2)15-24-21-12-11-20(29)16-23(21)25(22-9-5-6-10-26(22)34-3)17-31(28(24)33)18-27(32)30-13-7-4-8-14-30/h5-6,9-12,16,19,24-25H,4,7-8,13-15,17-18H2,1-3H3/t24-,25?/m0/s1. The van der Waals surface area contributed by atoms with Gasteiger partial charge in [-0.25, -0.2) is 0 Å². The third-order valence-electron chi connectivity index (χ3n) is 7.07. The quantitative estimate of drug-likeness (QED) is 0.549. The molecular formula is C28H35ClN2O3. The number of likely N-dealkylation sites (tertiary alicyclic amines) is 1. The Balaban J connectivity index is 1.78. The molecule has 1 fully saturated rings. The predicted octanol–water partition coefficient (Wildman–Crippen LogP) is 5.46. The van der Waals surface area contributed by atoms with Gasteiger partial charge in [0.05, 0.1) is 19.6 Å². The summed E-state index contributed by atoms with van der Waals surface area (Å²) < 4.78 is 5.70. The van der Waals surface area contributed by atoms with Crippen LogP contribution in [0.1, 0.15) is 68.1 Å². The van der Waals surface area contributed by atoms with E-state index < -0.39 is 0 Å². The van der Waals surface area contributed by atoms with Crippen LogP contribution in [0.4, 0.5) is 0 Å². The topological polar surface area (TPSA) is 49.9 Å². The van der Waals surface area contributed by atoms with E-state index in [1.54, 1.807) is 12.0 Å². The Kier molecular flexibility index (Phi) is 7.82. The largest absolute Gasteiger partial charge is 0.496 e. The maximum Gasteiger partial charge on any atom is 0.242 e. The molecule has 2 aliphatic rings. The number of rotatable bonds is 6. The van der Waals surface area contributed by atoms with Crippen LogP contribution in [-0.2, 0) is 9.59 Å². The Hall–Kier alpha value is -2.53. The number of carbonyl (C=O) groups is 2. The zero-order chi connectivity index (χ0) is 24.2. The fraction of sp³-hybridized carbons (Fsp3) is 0.500. The summed E-state index contributed by atoms with van der Waals surface area (Å²) in [5.41, 5.74) is 3.05. The molecule has 2 atom stereocenters. The van der Waals surface area contributed by atoms with Crippen molar-refractivity contribution in [3.8, 4) is 5.75 Å². The minimum atomic E-state index is -0.305. The molecule has 2 heterocycles. The van der Waals surface area contributed by atoms with Gasteiger partial charge < -0.3 is 14.5 Å². The van der Waals surface area contributed by atoms with E-state index in [9.17, 15) is 9.59 Å². The molecule has 5 nitrogen and oxygen atoms in total. The summed E-state index contributed by atoms with van der Waals surface area (Å²) in [6, 6.07) is 13.8. The van der Waals surface area contributed by atoms with Gasteiger partial charge in [-0.05, 0) is 60.9 Å². The third-order valence-corrected chi connectivity index (χ3v) is 7.30. The zero-order valence-corrected chi connectivity index (χ0v) is 21.2. The molecule has 2 aliphatic heterocycles. The number of carbonyl (C=O) groups excluding carboxylic acids is 2. The molecule has 182 valence electrons. The van der Waals surface area contributed by atoms with Gasteiger partial charge >= 0.3 is 0 Å². The number of fused-ring (bicyclic) bond motifs is 1. The van der Waals surface area contributed by atoms with Crippen molar-refractivity contribution in [2.24, 2.45) is 5.92 Å². The molecule has 6 heteroatoms. The van der Waals surface area contributed by atoms with Crippen LogP contribution in [0.5, 0.6) is 5.75 Å². The first-order valence-corrected chi connectivity index (χ1v) is 12.8. The van der Waals surface area contributed by atoms with Gasteiger partial charge in [0.15, 0.2) is 0 Å². The lowest BCUT2D eigenvalue weighted by Crippen LogP contribution is -2.46. The second-order valence-corrected chi connectivity index (χ2v) is 10.3. The molecule has 0 aliphatic carbocycles. The van der Waals surface area contributed by atoms with Crippen LogP contribution in [0.3, 0.4) is 0 Å². The minimum absolute atomic E-state index is 0.0278. The molecular weight excluding hydrogens is 448 g/mol. The molecule has 0 aromatic heterocycles. The van der Waals surface area contributed by atoms with E-state index in [0.29, 0.717) is 17.5 Å². The van der Waals surface area contributed by atoms with Crippen LogP contribution in [0.2, 0.25) is 5.02 Å². The second-order valence-electron chi connectivity index (χ2n) is 9.91. The zero-order valence-electron chi connectivity index (χ0n) is 20.4. The van der Waals surface area contributed by atoms with Crippen LogP contribution in [-0.4, -0.2) is 54.9 Å². The van der Waals surface area contributed by atoms with Crippen molar-refractivity contribution in [3.63, 3.8) is 0 Å². The number of nitrogens with zero attached hydrogens (tertiary/aromatic N) is 2. The van der Waals surface area contributed by atoms with Gasteiger partial charge in [0.25, 0.3) is 0 Å². The van der Waals surface area contributed by atoms with Crippen LogP contribution in [0.15, 0.2) is 42.5 Å². The fourth-order valence-electron chi connectivity index (χ4n) is 5.40. The van der Waals surface area contributed by atoms with Crippen LogP contribution >= 0.6 is 11.6 Å². The number of hydrogen-bond donors (Lipinski definition) is 0. The van der Waals surface area contributed by atoms with Crippen molar-refractivity contribution >= 4 is 23.4 Å². The number of hydrogen-bond acceptors (Lipinski definition) is 3. The first-order valence-electron chi connectivity index (χ1n) is 12.4. The van der Waals surface area contributed by atoms with Crippen LogP contribution < -0.4 is 4.74 Å². The molecule has 2 aromatic rings. The van der Waals surface area contributed by atoms with E-state index in [-0.39, 0.29) is 30.2 Å². The first-order chi connectivity index (χ1) is 16.4. The summed E-state index contributed by atoms with van der Waals surface area (Å²) in [6.45, 7) is 6.36. The summed E-state index contributed by atoms with van der Waals surface area (Å²) >= 11 is 6.48. The average molecular weight is 483 g/mol. The number of para-hydroxylation sites is 1. The summed E-state index contributed by atoms with van der Waals surface area (Å²) in [4.78, 5) is 30.9. The molecule has 4 rings (SSSR count). The molecule has 1 unspecified atom stereocenters. The molecule has 2 aromatic carbocycles. The second kappa shape index (κ2) is 10.8. The van der Waals surface area contributed by atoms with Crippen molar-refractivity contribution in [2.75, 3.05) is 33.3 Å². The highest BCUT2D eigenvalue weighted by molar-refractivity contribution is 6.30. The Morgan fingerprint density at radius 1 is 1.06 bits per heavy atom. The number of ether oxygens (including phenoxy) is 1. The van der Waals surface area contributed by atoms with E-state index in [1.807, 2.05) is 47.4 Å². The van der Waals surface area contributed by atoms with Gasteiger partial charge in [-0.3, -0.25) is 9.59 Å². The van der Waals surface area contributed by atoms with Gasteiger partial charge in [0.1, 0.15) is 5.75 Å². The Morgan fingerprint density at radius 2 is 1.79 bits per heavy atom. The molecule has 0 radical (unpaired) electrons. The van der Waals surface area contributed by atoms with E-state index in [1.165, 1.54) is 0 Å². The number of amides is 2. The normalized spacial score (nSPS) is 20.8. The van der Waals surface area contributed by atoms with Crippen molar-refractivity contribution in [1.82, 2.24) is 9.80 Å². The van der Waals surface area contributed by atoms with E-state index >= 15 is 0 Å². The summed E-state index contributed by atoms with van der Waals surface area (Å²) in [7, 11) is 1.67. The minimum Gasteiger partial charge on any atom is -0.496 e. The highest BCUT2D eigenvalue weighted by Gasteiger charge is 2.38. The van der Waals surface area contributed by atoms with E-state index in [4.69, 9.17) is 16.3 Å². The number of halogens is 1. The van der Waals surface area contributed by atoms with Crippen molar-refractivity contribution in [2.45, 2.75) is 51.4 Å². The molecule has 0 bridgehead atoms.